The van der Waals surface area contributed by atoms with E-state index in [1.165, 1.54) is 0 Å². The first-order valence-corrected chi connectivity index (χ1v) is 12.6. The fourth-order valence-corrected chi connectivity index (χ4v) is 6.92. The normalized spacial score (nSPS) is 26.7. The van der Waals surface area contributed by atoms with Crippen molar-refractivity contribution in [1.82, 2.24) is 10.0 Å². The van der Waals surface area contributed by atoms with Crippen LogP contribution in [0.2, 0.25) is 0 Å². The Hall–Kier alpha value is -1.84. The molecule has 0 bridgehead atoms. The number of aliphatic carboxylic acids is 1. The van der Waals surface area contributed by atoms with E-state index in [2.05, 4.69) is 10.0 Å². The fraction of sp³-hybridized carbons (Fsp3) is 0.524. The molecule has 1 aliphatic carbocycles. The van der Waals surface area contributed by atoms with Gasteiger partial charge in [-0.2, -0.15) is 4.72 Å². The predicted molar refractivity (Wildman–Crippen MR) is 117 cm³/mol. The number of hydrogen-bond acceptors (Lipinski definition) is 5. The van der Waals surface area contributed by atoms with Crippen LogP contribution in [0.5, 0.6) is 0 Å². The molecule has 0 aromatic heterocycles. The molecule has 4 unspecified atom stereocenters. The standard InChI is InChI=1S/C21H28N2O5S2/c1-3-8-15(4-2)22-19(24)17-11-12-18(29-17)30(27,28)23-21(20(25)26)13-16(21)14-9-6-5-7-10-14/h5-7,9-11,15-16,18,23H,3-4,8,12-13H2,1-2H3,(H,22,24)(H,25,26). The van der Waals surface area contributed by atoms with Gasteiger partial charge in [-0.3, -0.25) is 9.59 Å². The van der Waals surface area contributed by atoms with Gasteiger partial charge in [0.1, 0.15) is 10.1 Å². The molecule has 1 fully saturated rings. The molecule has 1 saturated carbocycles. The van der Waals surface area contributed by atoms with Crippen LogP contribution in [-0.4, -0.2) is 41.6 Å². The van der Waals surface area contributed by atoms with Gasteiger partial charge in [-0.15, -0.1) is 0 Å². The molecular formula is C21H28N2O5S2. The van der Waals surface area contributed by atoms with Crippen LogP contribution in [0.4, 0.5) is 0 Å². The summed E-state index contributed by atoms with van der Waals surface area (Å²) in [7, 11) is -3.95. The zero-order valence-electron chi connectivity index (χ0n) is 17.1. The average molecular weight is 453 g/mol. The minimum absolute atomic E-state index is 0.0613. The largest absolute Gasteiger partial charge is 0.480 e. The number of thioether (sulfide) groups is 1. The molecule has 1 aliphatic heterocycles. The summed E-state index contributed by atoms with van der Waals surface area (Å²) in [5, 5.41) is 12.7. The van der Waals surface area contributed by atoms with E-state index in [9.17, 15) is 23.1 Å². The van der Waals surface area contributed by atoms with E-state index in [4.69, 9.17) is 0 Å². The fourth-order valence-electron chi connectivity index (χ4n) is 3.82. The summed E-state index contributed by atoms with van der Waals surface area (Å²) in [4.78, 5) is 24.8. The Kier molecular flexibility index (Phi) is 6.94. The number of rotatable bonds is 10. The lowest BCUT2D eigenvalue weighted by Crippen LogP contribution is -2.47. The second-order valence-electron chi connectivity index (χ2n) is 7.81. The van der Waals surface area contributed by atoms with Crippen molar-refractivity contribution in [2.24, 2.45) is 0 Å². The number of amides is 1. The molecule has 1 aromatic carbocycles. The summed E-state index contributed by atoms with van der Waals surface area (Å²) in [6.07, 6.45) is 4.62. The molecule has 0 saturated heterocycles. The van der Waals surface area contributed by atoms with Gasteiger partial charge in [-0.1, -0.05) is 68.4 Å². The minimum Gasteiger partial charge on any atom is -0.480 e. The lowest BCUT2D eigenvalue weighted by atomic mass is 10.1. The van der Waals surface area contributed by atoms with Crippen LogP contribution in [0.1, 0.15) is 57.4 Å². The molecule has 4 atom stereocenters. The first-order valence-electron chi connectivity index (χ1n) is 10.2. The maximum Gasteiger partial charge on any atom is 0.325 e. The smallest absolute Gasteiger partial charge is 0.325 e. The number of nitrogens with one attached hydrogen (secondary N) is 2. The van der Waals surface area contributed by atoms with Gasteiger partial charge in [0.05, 0.1) is 4.91 Å². The summed E-state index contributed by atoms with van der Waals surface area (Å²) >= 11 is 0.979. The lowest BCUT2D eigenvalue weighted by molar-refractivity contribution is -0.140. The van der Waals surface area contributed by atoms with Gasteiger partial charge in [-0.05, 0) is 31.2 Å². The number of allylic oxidation sites excluding steroid dienone is 1. The van der Waals surface area contributed by atoms with E-state index in [0.717, 1.165) is 36.6 Å². The Labute approximate surface area is 181 Å². The van der Waals surface area contributed by atoms with Gasteiger partial charge >= 0.3 is 5.97 Å². The number of sulfonamides is 1. The molecule has 1 heterocycles. The molecule has 1 aromatic rings. The van der Waals surface area contributed by atoms with Crippen LogP contribution < -0.4 is 10.0 Å². The second-order valence-corrected chi connectivity index (χ2v) is 11.2. The van der Waals surface area contributed by atoms with E-state index in [-0.39, 0.29) is 24.8 Å². The summed E-state index contributed by atoms with van der Waals surface area (Å²) < 4.78 is 27.5. The van der Waals surface area contributed by atoms with E-state index >= 15 is 0 Å². The third kappa shape index (κ3) is 4.73. The highest BCUT2D eigenvalue weighted by Gasteiger charge is 2.63. The summed E-state index contributed by atoms with van der Waals surface area (Å²) in [5.74, 6) is -1.86. The highest BCUT2D eigenvalue weighted by Crippen LogP contribution is 2.52. The number of carboxylic acid groups (broad SMARTS) is 1. The molecule has 9 heteroatoms. The molecule has 0 radical (unpaired) electrons. The van der Waals surface area contributed by atoms with Crippen molar-refractivity contribution in [3.63, 3.8) is 0 Å². The third-order valence-corrected chi connectivity index (χ3v) is 9.30. The maximum absolute atomic E-state index is 13.0. The van der Waals surface area contributed by atoms with Crippen molar-refractivity contribution in [1.29, 1.82) is 0 Å². The Morgan fingerprint density at radius 1 is 1.27 bits per heavy atom. The minimum atomic E-state index is -3.95. The summed E-state index contributed by atoms with van der Waals surface area (Å²) in [6.45, 7) is 4.05. The SMILES string of the molecule is CCCC(CC)NC(=O)C1=CCC(S(=O)(=O)NC2(C(=O)O)CC2c2ccccc2)S1. The van der Waals surface area contributed by atoms with Gasteiger partial charge in [0, 0.05) is 12.0 Å². The van der Waals surface area contributed by atoms with E-state index in [1.54, 1.807) is 30.3 Å². The Morgan fingerprint density at radius 2 is 1.97 bits per heavy atom. The van der Waals surface area contributed by atoms with Crippen molar-refractivity contribution in [3.8, 4) is 0 Å². The van der Waals surface area contributed by atoms with E-state index < -0.39 is 32.0 Å². The number of hydrogen-bond donors (Lipinski definition) is 3. The zero-order valence-corrected chi connectivity index (χ0v) is 18.8. The molecule has 1 amide bonds. The molecule has 0 spiro atoms. The monoisotopic (exact) mass is 452 g/mol. The van der Waals surface area contributed by atoms with E-state index in [1.807, 2.05) is 19.9 Å². The number of carboxylic acids is 1. The maximum atomic E-state index is 13.0. The lowest BCUT2D eigenvalue weighted by Gasteiger charge is -2.19. The van der Waals surface area contributed by atoms with Crippen LogP contribution in [0.3, 0.4) is 0 Å². The van der Waals surface area contributed by atoms with Gasteiger partial charge in [-0.25, -0.2) is 8.42 Å². The van der Waals surface area contributed by atoms with Gasteiger partial charge in [0.15, 0.2) is 0 Å². The first kappa shape index (κ1) is 22.8. The Bertz CT molecular complexity index is 932. The molecule has 3 N–H and O–H groups in total. The summed E-state index contributed by atoms with van der Waals surface area (Å²) in [6, 6.07) is 9.11. The van der Waals surface area contributed by atoms with Crippen LogP contribution >= 0.6 is 11.8 Å². The molecule has 3 rings (SSSR count). The van der Waals surface area contributed by atoms with Crippen molar-refractivity contribution >= 4 is 33.7 Å². The van der Waals surface area contributed by atoms with Gasteiger partial charge in [0.2, 0.25) is 10.0 Å². The number of benzene rings is 1. The molecular weight excluding hydrogens is 424 g/mol. The van der Waals surface area contributed by atoms with Crippen LogP contribution in [0.15, 0.2) is 41.3 Å². The van der Waals surface area contributed by atoms with Gasteiger partial charge in [0.25, 0.3) is 5.91 Å². The zero-order chi connectivity index (χ0) is 21.9. The second kappa shape index (κ2) is 9.11. The average Bonchev–Trinajstić information content (AvgIpc) is 3.21. The third-order valence-electron chi connectivity index (χ3n) is 5.66. The Balaban J connectivity index is 1.65. The van der Waals surface area contributed by atoms with Crippen molar-refractivity contribution in [2.45, 2.75) is 68.0 Å². The van der Waals surface area contributed by atoms with Crippen LogP contribution in [0.25, 0.3) is 0 Å². The topological polar surface area (TPSA) is 113 Å². The van der Waals surface area contributed by atoms with Crippen LogP contribution in [-0.2, 0) is 19.6 Å². The number of carbonyl (C=O) groups excluding carboxylic acids is 1. The van der Waals surface area contributed by atoms with Crippen LogP contribution in [0, 0.1) is 0 Å². The molecule has 164 valence electrons. The van der Waals surface area contributed by atoms with Crippen molar-refractivity contribution < 1.29 is 23.1 Å². The molecule has 7 nitrogen and oxygen atoms in total. The van der Waals surface area contributed by atoms with E-state index in [0.29, 0.717) is 4.91 Å². The molecule has 30 heavy (non-hydrogen) atoms. The number of carbonyl (C=O) groups is 2. The predicted octanol–water partition coefficient (Wildman–Crippen LogP) is 2.96. The Morgan fingerprint density at radius 3 is 2.57 bits per heavy atom. The highest BCUT2D eigenvalue weighted by atomic mass is 32.3. The molecule has 2 aliphatic rings. The summed E-state index contributed by atoms with van der Waals surface area (Å²) in [5.41, 5.74) is -0.735. The van der Waals surface area contributed by atoms with Gasteiger partial charge < -0.3 is 10.4 Å². The quantitative estimate of drug-likeness (QED) is 0.503. The van der Waals surface area contributed by atoms with Crippen molar-refractivity contribution in [2.75, 3.05) is 0 Å². The first-order chi connectivity index (χ1) is 14.2. The van der Waals surface area contributed by atoms with Crippen molar-refractivity contribution in [3.05, 3.63) is 46.9 Å². The highest BCUT2D eigenvalue weighted by molar-refractivity contribution is 8.15.